The molecule has 0 aromatic heterocycles. The highest BCUT2D eigenvalue weighted by atomic mass is 16.4. The van der Waals surface area contributed by atoms with E-state index in [-0.39, 0.29) is 6.03 Å². The molecule has 3 N–H and O–H groups in total. The maximum Gasteiger partial charge on any atom is 0.328 e. The predicted octanol–water partition coefficient (Wildman–Crippen LogP) is 2.14. The second-order valence-corrected chi connectivity index (χ2v) is 4.87. The van der Waals surface area contributed by atoms with E-state index in [2.05, 4.69) is 10.6 Å². The lowest BCUT2D eigenvalue weighted by atomic mass is 9.93. The summed E-state index contributed by atoms with van der Waals surface area (Å²) in [5, 5.41) is 14.3. The number of carboxylic acids is 1. The molecule has 1 aliphatic carbocycles. The van der Waals surface area contributed by atoms with Gasteiger partial charge in [0.2, 0.25) is 0 Å². The van der Waals surface area contributed by atoms with Crippen LogP contribution in [0.5, 0.6) is 0 Å². The van der Waals surface area contributed by atoms with Gasteiger partial charge in [0, 0.05) is 18.7 Å². The predicted molar refractivity (Wildman–Crippen MR) is 76.1 cm³/mol. The van der Waals surface area contributed by atoms with Crippen molar-refractivity contribution in [2.24, 2.45) is 0 Å². The fraction of sp³-hybridized carbons (Fsp3) is 0.333. The number of amides is 2. The second kappa shape index (κ2) is 6.75. The van der Waals surface area contributed by atoms with E-state index in [9.17, 15) is 9.59 Å². The van der Waals surface area contributed by atoms with Crippen molar-refractivity contribution in [3.05, 3.63) is 41.5 Å². The SMILES string of the molecule is O=C(O)/C=C/c1cccc(CNC(=O)NC2CCC2)c1. The average molecular weight is 274 g/mol. The van der Waals surface area contributed by atoms with Crippen LogP contribution in [-0.4, -0.2) is 23.1 Å². The maximum absolute atomic E-state index is 11.6. The van der Waals surface area contributed by atoms with Gasteiger partial charge < -0.3 is 15.7 Å². The molecule has 0 spiro atoms. The fourth-order valence-electron chi connectivity index (χ4n) is 1.95. The molecule has 5 nitrogen and oxygen atoms in total. The lowest BCUT2D eigenvalue weighted by Crippen LogP contribution is -2.44. The molecule has 0 aliphatic heterocycles. The topological polar surface area (TPSA) is 78.4 Å². The minimum Gasteiger partial charge on any atom is -0.478 e. The highest BCUT2D eigenvalue weighted by Gasteiger charge is 2.18. The largest absolute Gasteiger partial charge is 0.478 e. The third-order valence-electron chi connectivity index (χ3n) is 3.26. The summed E-state index contributed by atoms with van der Waals surface area (Å²) >= 11 is 0. The van der Waals surface area contributed by atoms with Crippen LogP contribution in [0.1, 0.15) is 30.4 Å². The Labute approximate surface area is 117 Å². The second-order valence-electron chi connectivity index (χ2n) is 4.87. The molecular formula is C15H18N2O3. The van der Waals surface area contributed by atoms with E-state index in [1.165, 1.54) is 12.5 Å². The van der Waals surface area contributed by atoms with Crippen LogP contribution in [0.2, 0.25) is 0 Å². The summed E-state index contributed by atoms with van der Waals surface area (Å²) < 4.78 is 0. The van der Waals surface area contributed by atoms with Crippen molar-refractivity contribution < 1.29 is 14.7 Å². The molecule has 2 rings (SSSR count). The summed E-state index contributed by atoms with van der Waals surface area (Å²) in [4.78, 5) is 22.1. The maximum atomic E-state index is 11.6. The lowest BCUT2D eigenvalue weighted by Gasteiger charge is -2.26. The van der Waals surface area contributed by atoms with Crippen molar-refractivity contribution in [2.75, 3.05) is 0 Å². The zero-order valence-electron chi connectivity index (χ0n) is 11.1. The molecule has 1 fully saturated rings. The number of rotatable bonds is 5. The van der Waals surface area contributed by atoms with E-state index >= 15 is 0 Å². The van der Waals surface area contributed by atoms with Gasteiger partial charge in [-0.2, -0.15) is 0 Å². The average Bonchev–Trinajstić information content (AvgIpc) is 2.39. The van der Waals surface area contributed by atoms with Gasteiger partial charge in [0.25, 0.3) is 0 Å². The first-order valence-electron chi connectivity index (χ1n) is 6.68. The quantitative estimate of drug-likeness (QED) is 0.720. The van der Waals surface area contributed by atoms with E-state index in [0.29, 0.717) is 12.6 Å². The summed E-state index contributed by atoms with van der Waals surface area (Å²) in [6, 6.07) is 7.56. The zero-order valence-corrected chi connectivity index (χ0v) is 11.1. The van der Waals surface area contributed by atoms with Gasteiger partial charge in [-0.1, -0.05) is 18.2 Å². The Hall–Kier alpha value is -2.30. The van der Waals surface area contributed by atoms with Gasteiger partial charge in [-0.15, -0.1) is 0 Å². The minimum atomic E-state index is -0.978. The van der Waals surface area contributed by atoms with Crippen LogP contribution in [0.4, 0.5) is 4.79 Å². The molecule has 1 aromatic rings. The summed E-state index contributed by atoms with van der Waals surface area (Å²) in [7, 11) is 0. The number of nitrogens with one attached hydrogen (secondary N) is 2. The van der Waals surface area contributed by atoms with Crippen molar-refractivity contribution in [2.45, 2.75) is 31.8 Å². The Kier molecular flexibility index (Phi) is 4.76. The molecule has 20 heavy (non-hydrogen) atoms. The van der Waals surface area contributed by atoms with E-state index < -0.39 is 5.97 Å². The van der Waals surface area contributed by atoms with Gasteiger partial charge in [-0.25, -0.2) is 9.59 Å². The molecule has 0 bridgehead atoms. The first-order valence-corrected chi connectivity index (χ1v) is 6.68. The van der Waals surface area contributed by atoms with Crippen molar-refractivity contribution in [1.29, 1.82) is 0 Å². The van der Waals surface area contributed by atoms with Crippen molar-refractivity contribution >= 4 is 18.1 Å². The van der Waals surface area contributed by atoms with Crippen molar-refractivity contribution in [3.63, 3.8) is 0 Å². The standard InChI is InChI=1S/C15H18N2O3/c18-14(19)8-7-11-3-1-4-12(9-11)10-16-15(20)17-13-5-2-6-13/h1,3-4,7-9,13H,2,5-6,10H2,(H,18,19)(H2,16,17,20)/b8-7+. The van der Waals surface area contributed by atoms with Gasteiger partial charge in [0.05, 0.1) is 0 Å². The molecule has 2 amide bonds. The molecule has 0 heterocycles. The van der Waals surface area contributed by atoms with Gasteiger partial charge in [0.1, 0.15) is 0 Å². The summed E-state index contributed by atoms with van der Waals surface area (Å²) in [5.41, 5.74) is 1.73. The molecule has 0 radical (unpaired) electrons. The van der Waals surface area contributed by atoms with Crippen LogP contribution in [0, 0.1) is 0 Å². The Morgan fingerprint density at radius 2 is 2.15 bits per heavy atom. The van der Waals surface area contributed by atoms with Crippen LogP contribution in [-0.2, 0) is 11.3 Å². The summed E-state index contributed by atoms with van der Waals surface area (Å²) in [6.45, 7) is 0.424. The number of hydrogen-bond acceptors (Lipinski definition) is 2. The normalized spacial score (nSPS) is 14.8. The van der Waals surface area contributed by atoms with Gasteiger partial charge in [-0.3, -0.25) is 0 Å². The van der Waals surface area contributed by atoms with Crippen LogP contribution in [0.3, 0.4) is 0 Å². The monoisotopic (exact) mass is 274 g/mol. The number of hydrogen-bond donors (Lipinski definition) is 3. The van der Waals surface area contributed by atoms with E-state index in [0.717, 1.165) is 30.0 Å². The van der Waals surface area contributed by atoms with Crippen molar-refractivity contribution in [3.8, 4) is 0 Å². The Bertz CT molecular complexity index is 522. The van der Waals surface area contributed by atoms with E-state index in [4.69, 9.17) is 5.11 Å². The smallest absolute Gasteiger partial charge is 0.328 e. The van der Waals surface area contributed by atoms with Crippen LogP contribution < -0.4 is 10.6 Å². The first kappa shape index (κ1) is 14.1. The van der Waals surface area contributed by atoms with Crippen LogP contribution in [0.25, 0.3) is 6.08 Å². The molecule has 5 heteroatoms. The fourth-order valence-corrected chi connectivity index (χ4v) is 1.95. The number of aliphatic carboxylic acids is 1. The first-order chi connectivity index (χ1) is 9.63. The number of carbonyl (C=O) groups excluding carboxylic acids is 1. The van der Waals surface area contributed by atoms with E-state index in [1.807, 2.05) is 24.3 Å². The Morgan fingerprint density at radius 3 is 2.80 bits per heavy atom. The molecule has 106 valence electrons. The van der Waals surface area contributed by atoms with Gasteiger partial charge in [-0.05, 0) is 42.5 Å². The molecule has 1 aromatic carbocycles. The van der Waals surface area contributed by atoms with Crippen LogP contribution in [0.15, 0.2) is 30.3 Å². The molecule has 1 aliphatic rings. The lowest BCUT2D eigenvalue weighted by molar-refractivity contribution is -0.131. The number of benzene rings is 1. The molecule has 0 atom stereocenters. The number of carboxylic acid groups (broad SMARTS) is 1. The van der Waals surface area contributed by atoms with E-state index in [1.54, 1.807) is 0 Å². The molecule has 0 unspecified atom stereocenters. The van der Waals surface area contributed by atoms with Crippen LogP contribution >= 0.6 is 0 Å². The highest BCUT2D eigenvalue weighted by Crippen LogP contribution is 2.17. The third-order valence-corrected chi connectivity index (χ3v) is 3.26. The number of urea groups is 1. The summed E-state index contributed by atoms with van der Waals surface area (Å²) in [5.74, 6) is -0.978. The molecule has 0 saturated heterocycles. The summed E-state index contributed by atoms with van der Waals surface area (Å²) in [6.07, 6.45) is 5.92. The molecule has 1 saturated carbocycles. The Balaban J connectivity index is 1.84. The zero-order chi connectivity index (χ0) is 14.4. The van der Waals surface area contributed by atoms with Crippen molar-refractivity contribution in [1.82, 2.24) is 10.6 Å². The third kappa shape index (κ3) is 4.42. The Morgan fingerprint density at radius 1 is 1.35 bits per heavy atom. The van der Waals surface area contributed by atoms with Gasteiger partial charge >= 0.3 is 12.0 Å². The van der Waals surface area contributed by atoms with Gasteiger partial charge in [0.15, 0.2) is 0 Å². The highest BCUT2D eigenvalue weighted by molar-refractivity contribution is 5.85. The number of carbonyl (C=O) groups is 2. The minimum absolute atomic E-state index is 0.152. The molecular weight excluding hydrogens is 256 g/mol.